The Morgan fingerprint density at radius 3 is 2.83 bits per heavy atom. The maximum absolute atomic E-state index is 12.5. The number of nitrogens with zero attached hydrogens (tertiary/aromatic N) is 2. The second-order valence-electron chi connectivity index (χ2n) is 5.05. The van der Waals surface area contributed by atoms with Gasteiger partial charge in [-0.1, -0.05) is 31.7 Å². The summed E-state index contributed by atoms with van der Waals surface area (Å²) in [5.74, 6) is 0.930. The summed E-state index contributed by atoms with van der Waals surface area (Å²) in [6.07, 6.45) is 0. The van der Waals surface area contributed by atoms with Gasteiger partial charge in [-0.05, 0) is 24.5 Å². The maximum atomic E-state index is 12.5. The Bertz CT molecular complexity index is 819. The van der Waals surface area contributed by atoms with Gasteiger partial charge in [0.1, 0.15) is 4.83 Å². The van der Waals surface area contributed by atoms with Crippen molar-refractivity contribution in [3.63, 3.8) is 0 Å². The highest BCUT2D eigenvalue weighted by Crippen LogP contribution is 2.33. The second-order valence-corrected chi connectivity index (χ2v) is 7.94. The molecule has 0 amide bonds. The molecule has 0 unspecified atom stereocenters. The highest BCUT2D eigenvalue weighted by molar-refractivity contribution is 7.99. The number of hydrogen-bond acceptors (Lipinski definition) is 6. The minimum absolute atomic E-state index is 0.0370. The molecule has 1 N–H and O–H groups in total. The molecule has 0 atom stereocenters. The van der Waals surface area contributed by atoms with Crippen molar-refractivity contribution in [3.8, 4) is 10.4 Å². The molecule has 0 aromatic carbocycles. The SMILES string of the molecule is CCN(CC)CCSc1nc2scc(-c3cccs3)c2c(=O)[nH]1. The number of H-pyrrole nitrogens is 1. The zero-order valence-electron chi connectivity index (χ0n) is 13.2. The molecule has 0 aliphatic rings. The number of rotatable bonds is 7. The van der Waals surface area contributed by atoms with Crippen LogP contribution < -0.4 is 5.56 Å². The van der Waals surface area contributed by atoms with Crippen LogP contribution in [-0.2, 0) is 0 Å². The van der Waals surface area contributed by atoms with Crippen molar-refractivity contribution < 1.29 is 0 Å². The molecule has 0 aliphatic carbocycles. The van der Waals surface area contributed by atoms with Gasteiger partial charge in [-0.15, -0.1) is 22.7 Å². The molecule has 3 aromatic rings. The molecule has 122 valence electrons. The van der Waals surface area contributed by atoms with Crippen LogP contribution in [0.4, 0.5) is 0 Å². The summed E-state index contributed by atoms with van der Waals surface area (Å²) in [5, 5.41) is 5.49. The molecule has 0 radical (unpaired) electrons. The first-order valence-electron chi connectivity index (χ1n) is 7.63. The van der Waals surface area contributed by atoms with Gasteiger partial charge in [0, 0.05) is 28.1 Å². The van der Waals surface area contributed by atoms with Crippen molar-refractivity contribution in [2.75, 3.05) is 25.4 Å². The van der Waals surface area contributed by atoms with Crippen LogP contribution in [0.1, 0.15) is 13.8 Å². The summed E-state index contributed by atoms with van der Waals surface area (Å²) in [4.78, 5) is 24.3. The first kappa shape index (κ1) is 16.7. The Morgan fingerprint density at radius 2 is 2.13 bits per heavy atom. The molecule has 3 rings (SSSR count). The quantitative estimate of drug-likeness (QED) is 0.505. The van der Waals surface area contributed by atoms with E-state index >= 15 is 0 Å². The van der Waals surface area contributed by atoms with Gasteiger partial charge < -0.3 is 9.88 Å². The molecule has 0 spiro atoms. The predicted octanol–water partition coefficient (Wildman–Crippen LogP) is 4.15. The van der Waals surface area contributed by atoms with Gasteiger partial charge in [-0.2, -0.15) is 0 Å². The van der Waals surface area contributed by atoms with Gasteiger partial charge in [0.25, 0.3) is 5.56 Å². The Balaban J connectivity index is 1.81. The predicted molar refractivity (Wildman–Crippen MR) is 102 cm³/mol. The molecule has 0 aliphatic heterocycles. The van der Waals surface area contributed by atoms with Crippen LogP contribution >= 0.6 is 34.4 Å². The number of thiophene rings is 2. The van der Waals surface area contributed by atoms with Crippen molar-refractivity contribution >= 4 is 44.7 Å². The van der Waals surface area contributed by atoms with Gasteiger partial charge in [-0.3, -0.25) is 4.79 Å². The van der Waals surface area contributed by atoms with E-state index in [-0.39, 0.29) is 5.56 Å². The highest BCUT2D eigenvalue weighted by Gasteiger charge is 2.13. The van der Waals surface area contributed by atoms with Gasteiger partial charge in [-0.25, -0.2) is 4.98 Å². The molecule has 4 nitrogen and oxygen atoms in total. The largest absolute Gasteiger partial charge is 0.303 e. The summed E-state index contributed by atoms with van der Waals surface area (Å²) >= 11 is 4.80. The van der Waals surface area contributed by atoms with Crippen molar-refractivity contribution in [2.24, 2.45) is 0 Å². The fraction of sp³-hybridized carbons (Fsp3) is 0.375. The summed E-state index contributed by atoms with van der Waals surface area (Å²) in [6.45, 7) is 7.44. The second kappa shape index (κ2) is 7.61. The smallest absolute Gasteiger partial charge is 0.260 e. The zero-order valence-corrected chi connectivity index (χ0v) is 15.6. The van der Waals surface area contributed by atoms with E-state index in [1.54, 1.807) is 34.4 Å². The summed E-state index contributed by atoms with van der Waals surface area (Å²) in [5.41, 5.74) is 0.957. The third-order valence-electron chi connectivity index (χ3n) is 3.75. The van der Waals surface area contributed by atoms with E-state index in [1.165, 1.54) is 0 Å². The van der Waals surface area contributed by atoms with Crippen molar-refractivity contribution in [1.29, 1.82) is 0 Å². The van der Waals surface area contributed by atoms with Crippen molar-refractivity contribution in [1.82, 2.24) is 14.9 Å². The lowest BCUT2D eigenvalue weighted by Crippen LogP contribution is -2.25. The molecule has 3 heterocycles. The number of fused-ring (bicyclic) bond motifs is 1. The normalized spacial score (nSPS) is 11.6. The highest BCUT2D eigenvalue weighted by atomic mass is 32.2. The van der Waals surface area contributed by atoms with Crippen molar-refractivity contribution in [2.45, 2.75) is 19.0 Å². The number of aromatic amines is 1. The molecular weight excluding hydrogens is 346 g/mol. The maximum Gasteiger partial charge on any atom is 0.260 e. The molecule has 0 bridgehead atoms. The third kappa shape index (κ3) is 3.68. The van der Waals surface area contributed by atoms with Crippen LogP contribution in [-0.4, -0.2) is 40.3 Å². The number of aromatic nitrogens is 2. The molecular formula is C16H19N3OS3. The summed E-state index contributed by atoms with van der Waals surface area (Å²) in [6, 6.07) is 4.04. The Labute approximate surface area is 147 Å². The van der Waals surface area contributed by atoms with Crippen LogP contribution in [0.2, 0.25) is 0 Å². The van der Waals surface area contributed by atoms with E-state index in [2.05, 4.69) is 28.7 Å². The van der Waals surface area contributed by atoms with Crippen LogP contribution in [0.15, 0.2) is 32.8 Å². The number of nitrogens with one attached hydrogen (secondary N) is 1. The van der Waals surface area contributed by atoms with E-state index in [0.717, 1.165) is 40.7 Å². The Hall–Kier alpha value is -1.15. The van der Waals surface area contributed by atoms with Gasteiger partial charge >= 0.3 is 0 Å². The standard InChI is InChI=1S/C16H19N3OS3/c1-3-19(4-2)7-9-22-16-17-14(20)13-11(10-23-15(13)18-16)12-6-5-8-21-12/h5-6,8,10H,3-4,7,9H2,1-2H3,(H,17,18,20). The van der Waals surface area contributed by atoms with Crippen molar-refractivity contribution in [3.05, 3.63) is 33.2 Å². The molecule has 0 saturated carbocycles. The zero-order chi connectivity index (χ0) is 16.2. The van der Waals surface area contributed by atoms with Crippen LogP contribution in [0.25, 0.3) is 20.7 Å². The Kier molecular flexibility index (Phi) is 5.53. The molecule has 23 heavy (non-hydrogen) atoms. The topological polar surface area (TPSA) is 49.0 Å². The average molecular weight is 366 g/mol. The van der Waals surface area contributed by atoms with Gasteiger partial charge in [0.05, 0.1) is 5.39 Å². The van der Waals surface area contributed by atoms with Gasteiger partial charge in [0.15, 0.2) is 5.16 Å². The van der Waals surface area contributed by atoms with Crippen LogP contribution in [0.5, 0.6) is 0 Å². The third-order valence-corrected chi connectivity index (χ3v) is 6.38. The van der Waals surface area contributed by atoms with Crippen LogP contribution in [0.3, 0.4) is 0 Å². The Morgan fingerprint density at radius 1 is 1.30 bits per heavy atom. The lowest BCUT2D eigenvalue weighted by atomic mass is 10.2. The van der Waals surface area contributed by atoms with E-state index in [0.29, 0.717) is 10.5 Å². The van der Waals surface area contributed by atoms with E-state index in [1.807, 2.05) is 22.9 Å². The molecule has 0 fully saturated rings. The van der Waals surface area contributed by atoms with E-state index < -0.39 is 0 Å². The van der Waals surface area contributed by atoms with E-state index in [9.17, 15) is 4.79 Å². The van der Waals surface area contributed by atoms with Crippen LogP contribution in [0, 0.1) is 0 Å². The molecule has 7 heteroatoms. The minimum atomic E-state index is -0.0370. The first-order chi connectivity index (χ1) is 11.2. The molecule has 0 saturated heterocycles. The van der Waals surface area contributed by atoms with Gasteiger partial charge in [0.2, 0.25) is 0 Å². The summed E-state index contributed by atoms with van der Waals surface area (Å²) < 4.78 is 0. The fourth-order valence-electron chi connectivity index (χ4n) is 2.42. The lowest BCUT2D eigenvalue weighted by Gasteiger charge is -2.16. The monoisotopic (exact) mass is 365 g/mol. The molecule has 3 aromatic heterocycles. The number of thioether (sulfide) groups is 1. The number of hydrogen-bond donors (Lipinski definition) is 1. The fourth-order valence-corrected chi connectivity index (χ4v) is 5.11. The average Bonchev–Trinajstić information content (AvgIpc) is 3.20. The lowest BCUT2D eigenvalue weighted by molar-refractivity contribution is 0.324. The van der Waals surface area contributed by atoms with E-state index in [4.69, 9.17) is 0 Å². The summed E-state index contributed by atoms with van der Waals surface area (Å²) in [7, 11) is 0. The minimum Gasteiger partial charge on any atom is -0.303 e. The first-order valence-corrected chi connectivity index (χ1v) is 10.4.